The van der Waals surface area contributed by atoms with Gasteiger partial charge in [-0.2, -0.15) is 0 Å². The highest BCUT2D eigenvalue weighted by molar-refractivity contribution is 6.32. The number of aliphatic hydroxyl groups is 1. The quantitative estimate of drug-likeness (QED) is 0.795. The number of aromatic nitrogens is 1. The summed E-state index contributed by atoms with van der Waals surface area (Å²) in [5, 5.41) is 12.1. The van der Waals surface area contributed by atoms with Crippen molar-refractivity contribution in [1.82, 2.24) is 4.98 Å². The Morgan fingerprint density at radius 2 is 2.00 bits per heavy atom. The molecule has 0 bridgehead atoms. The van der Waals surface area contributed by atoms with Crippen molar-refractivity contribution in [3.63, 3.8) is 0 Å². The van der Waals surface area contributed by atoms with Crippen molar-refractivity contribution in [3.8, 4) is 5.75 Å². The maximum atomic E-state index is 10.7. The van der Waals surface area contributed by atoms with Gasteiger partial charge in [0.2, 0.25) is 0 Å². The molecule has 0 fully saturated rings. The van der Waals surface area contributed by atoms with Crippen molar-refractivity contribution < 1.29 is 9.84 Å². The molecule has 21 heavy (non-hydrogen) atoms. The lowest BCUT2D eigenvalue weighted by Gasteiger charge is -2.15. The normalized spacial score (nSPS) is 12.3. The zero-order valence-corrected chi connectivity index (χ0v) is 12.2. The first-order valence-corrected chi connectivity index (χ1v) is 6.93. The minimum atomic E-state index is -0.763. The highest BCUT2D eigenvalue weighted by atomic mass is 35.5. The third-order valence-corrected chi connectivity index (χ3v) is 3.76. The largest absolute Gasteiger partial charge is 0.495 e. The molecule has 3 nitrogen and oxygen atoms in total. The SMILES string of the molecule is COc1ccc(C(O)c2cccc3ncccc23)cc1Cl. The number of hydrogen-bond donors (Lipinski definition) is 1. The smallest absolute Gasteiger partial charge is 0.137 e. The molecular weight excluding hydrogens is 286 g/mol. The van der Waals surface area contributed by atoms with Gasteiger partial charge in [0.25, 0.3) is 0 Å². The van der Waals surface area contributed by atoms with Crippen molar-refractivity contribution in [3.05, 3.63) is 70.9 Å². The Hall–Kier alpha value is -2.10. The third kappa shape index (κ3) is 2.58. The van der Waals surface area contributed by atoms with Crippen LogP contribution in [-0.4, -0.2) is 17.2 Å². The minimum Gasteiger partial charge on any atom is -0.495 e. The summed E-state index contributed by atoms with van der Waals surface area (Å²) >= 11 is 6.13. The van der Waals surface area contributed by atoms with E-state index in [1.54, 1.807) is 25.4 Å². The number of rotatable bonds is 3. The van der Waals surface area contributed by atoms with E-state index in [4.69, 9.17) is 16.3 Å². The molecule has 1 aromatic heterocycles. The fraction of sp³-hybridized carbons (Fsp3) is 0.118. The zero-order valence-electron chi connectivity index (χ0n) is 11.5. The molecule has 0 saturated carbocycles. The van der Waals surface area contributed by atoms with Gasteiger partial charge in [0.15, 0.2) is 0 Å². The highest BCUT2D eigenvalue weighted by Crippen LogP contribution is 2.32. The molecule has 4 heteroatoms. The number of ether oxygens (including phenoxy) is 1. The van der Waals surface area contributed by atoms with Crippen molar-refractivity contribution >= 4 is 22.5 Å². The van der Waals surface area contributed by atoms with Gasteiger partial charge in [-0.1, -0.05) is 35.9 Å². The number of nitrogens with zero attached hydrogens (tertiary/aromatic N) is 1. The van der Waals surface area contributed by atoms with Gasteiger partial charge in [0.1, 0.15) is 11.9 Å². The van der Waals surface area contributed by atoms with Gasteiger partial charge < -0.3 is 9.84 Å². The molecular formula is C17H14ClNO2. The second-order valence-electron chi connectivity index (χ2n) is 4.71. The molecule has 0 radical (unpaired) electrons. The van der Waals surface area contributed by atoms with E-state index in [0.717, 1.165) is 22.0 Å². The van der Waals surface area contributed by atoms with Crippen LogP contribution >= 0.6 is 11.6 Å². The number of hydrogen-bond acceptors (Lipinski definition) is 3. The average molecular weight is 300 g/mol. The maximum absolute atomic E-state index is 10.7. The Bertz CT molecular complexity index is 783. The summed E-state index contributed by atoms with van der Waals surface area (Å²) in [5.41, 5.74) is 2.38. The lowest BCUT2D eigenvalue weighted by molar-refractivity contribution is 0.222. The number of fused-ring (bicyclic) bond motifs is 1. The lowest BCUT2D eigenvalue weighted by Crippen LogP contribution is -2.01. The third-order valence-electron chi connectivity index (χ3n) is 3.47. The van der Waals surface area contributed by atoms with Crippen LogP contribution in [0.15, 0.2) is 54.7 Å². The maximum Gasteiger partial charge on any atom is 0.137 e. The molecule has 1 heterocycles. The number of pyridine rings is 1. The Balaban J connectivity index is 2.08. The number of aliphatic hydroxyl groups excluding tert-OH is 1. The molecule has 0 saturated heterocycles. The predicted molar refractivity (Wildman–Crippen MR) is 83.8 cm³/mol. The fourth-order valence-corrected chi connectivity index (χ4v) is 2.66. The van der Waals surface area contributed by atoms with E-state index in [2.05, 4.69) is 4.98 Å². The Kier molecular flexibility index (Phi) is 3.78. The van der Waals surface area contributed by atoms with E-state index < -0.39 is 6.10 Å². The molecule has 106 valence electrons. The van der Waals surface area contributed by atoms with Crippen LogP contribution in [-0.2, 0) is 0 Å². The summed E-state index contributed by atoms with van der Waals surface area (Å²) in [6.45, 7) is 0. The van der Waals surface area contributed by atoms with Crippen molar-refractivity contribution in [2.24, 2.45) is 0 Å². The Morgan fingerprint density at radius 3 is 2.76 bits per heavy atom. The number of halogens is 1. The molecule has 0 aliphatic heterocycles. The summed E-state index contributed by atoms with van der Waals surface area (Å²) in [4.78, 5) is 4.31. The molecule has 0 aliphatic rings. The zero-order chi connectivity index (χ0) is 14.8. The molecule has 1 unspecified atom stereocenters. The van der Waals surface area contributed by atoms with E-state index in [-0.39, 0.29) is 0 Å². The monoisotopic (exact) mass is 299 g/mol. The van der Waals surface area contributed by atoms with Gasteiger partial charge in [-0.05, 0) is 35.4 Å². The van der Waals surface area contributed by atoms with Crippen LogP contribution < -0.4 is 4.74 Å². The number of methoxy groups -OCH3 is 1. The van der Waals surface area contributed by atoms with Gasteiger partial charge in [-0.15, -0.1) is 0 Å². The summed E-state index contributed by atoms with van der Waals surface area (Å²) in [7, 11) is 1.56. The Morgan fingerprint density at radius 1 is 1.14 bits per heavy atom. The van der Waals surface area contributed by atoms with Crippen molar-refractivity contribution in [2.45, 2.75) is 6.10 Å². The van der Waals surface area contributed by atoms with Crippen LogP contribution in [0.4, 0.5) is 0 Å². The molecule has 3 aromatic rings. The highest BCUT2D eigenvalue weighted by Gasteiger charge is 2.15. The van der Waals surface area contributed by atoms with Gasteiger partial charge in [0.05, 0.1) is 17.6 Å². The van der Waals surface area contributed by atoms with Crippen LogP contribution in [0.25, 0.3) is 10.9 Å². The topological polar surface area (TPSA) is 42.4 Å². The van der Waals surface area contributed by atoms with Crippen LogP contribution in [0.2, 0.25) is 5.02 Å². The molecule has 0 spiro atoms. The molecule has 1 atom stereocenters. The van der Waals surface area contributed by atoms with Crippen LogP contribution in [0.5, 0.6) is 5.75 Å². The molecule has 1 N–H and O–H groups in total. The van der Waals surface area contributed by atoms with Crippen molar-refractivity contribution in [2.75, 3.05) is 7.11 Å². The Labute approximate surface area is 127 Å². The van der Waals surface area contributed by atoms with Gasteiger partial charge in [0, 0.05) is 11.6 Å². The van der Waals surface area contributed by atoms with Crippen LogP contribution in [0, 0.1) is 0 Å². The van der Waals surface area contributed by atoms with Gasteiger partial charge >= 0.3 is 0 Å². The lowest BCUT2D eigenvalue weighted by atomic mass is 9.97. The summed E-state index contributed by atoms with van der Waals surface area (Å²) in [6.07, 6.45) is 0.976. The predicted octanol–water partition coefficient (Wildman–Crippen LogP) is 3.98. The van der Waals surface area contributed by atoms with Crippen molar-refractivity contribution in [1.29, 1.82) is 0 Å². The second-order valence-corrected chi connectivity index (χ2v) is 5.12. The first-order chi connectivity index (χ1) is 10.2. The fourth-order valence-electron chi connectivity index (χ4n) is 2.40. The molecule has 3 rings (SSSR count). The average Bonchev–Trinajstić information content (AvgIpc) is 2.53. The minimum absolute atomic E-state index is 0.479. The second kappa shape index (κ2) is 5.72. The van der Waals surface area contributed by atoms with E-state index >= 15 is 0 Å². The summed E-state index contributed by atoms with van der Waals surface area (Å²) in [5.74, 6) is 0.590. The number of benzene rings is 2. The summed E-state index contributed by atoms with van der Waals surface area (Å²) < 4.78 is 5.13. The van der Waals surface area contributed by atoms with Gasteiger partial charge in [-0.3, -0.25) is 4.98 Å². The molecule has 0 aliphatic carbocycles. The van der Waals surface area contributed by atoms with Gasteiger partial charge in [-0.25, -0.2) is 0 Å². The van der Waals surface area contributed by atoms with Crippen LogP contribution in [0.1, 0.15) is 17.2 Å². The van der Waals surface area contributed by atoms with E-state index in [1.807, 2.05) is 36.4 Å². The molecule has 0 amide bonds. The van der Waals surface area contributed by atoms with Crippen LogP contribution in [0.3, 0.4) is 0 Å². The van der Waals surface area contributed by atoms with E-state index in [9.17, 15) is 5.11 Å². The van der Waals surface area contributed by atoms with E-state index in [0.29, 0.717) is 10.8 Å². The molecule has 2 aromatic carbocycles. The first kappa shape index (κ1) is 13.9. The standard InChI is InChI=1S/C17H14ClNO2/c1-21-16-8-7-11(10-14(16)18)17(20)13-4-2-6-15-12(13)5-3-9-19-15/h2-10,17,20H,1H3. The van der Waals surface area contributed by atoms with E-state index in [1.165, 1.54) is 0 Å². The summed E-state index contributed by atoms with van der Waals surface area (Å²) in [6, 6.07) is 14.8. The first-order valence-electron chi connectivity index (χ1n) is 6.56.